The minimum atomic E-state index is -0.0374. The normalized spacial score (nSPS) is 14.0. The number of carbonyl (C=O) groups is 2. The topological polar surface area (TPSA) is 75.5 Å². The van der Waals surface area contributed by atoms with Gasteiger partial charge >= 0.3 is 0 Å². The van der Waals surface area contributed by atoms with Gasteiger partial charge in [-0.3, -0.25) is 14.6 Å². The molecule has 27 heavy (non-hydrogen) atoms. The minimum Gasteiger partial charge on any atom is -0.351 e. The van der Waals surface area contributed by atoms with Gasteiger partial charge in [0, 0.05) is 35.2 Å². The Morgan fingerprint density at radius 3 is 2.93 bits per heavy atom. The van der Waals surface area contributed by atoms with E-state index in [0.717, 1.165) is 29.4 Å². The zero-order valence-corrected chi connectivity index (χ0v) is 15.2. The van der Waals surface area contributed by atoms with Crippen molar-refractivity contribution in [1.29, 1.82) is 0 Å². The van der Waals surface area contributed by atoms with Crippen LogP contribution in [0.25, 0.3) is 10.9 Å². The molecule has 0 radical (unpaired) electrons. The molecule has 4 rings (SSSR count). The Bertz CT molecular complexity index is 1070. The second-order valence-corrected chi connectivity index (χ2v) is 6.73. The van der Waals surface area contributed by atoms with E-state index in [2.05, 4.69) is 20.2 Å². The molecule has 0 spiro atoms. The molecule has 2 aromatic carbocycles. The third kappa shape index (κ3) is 3.44. The van der Waals surface area contributed by atoms with Gasteiger partial charge in [-0.2, -0.15) is 0 Å². The van der Waals surface area contributed by atoms with Gasteiger partial charge < -0.3 is 15.2 Å². The summed E-state index contributed by atoms with van der Waals surface area (Å²) in [6.45, 7) is 1.48. The predicted molar refractivity (Wildman–Crippen MR) is 107 cm³/mol. The molecule has 1 aromatic heterocycles. The van der Waals surface area contributed by atoms with E-state index in [0.29, 0.717) is 35.0 Å². The van der Waals surface area contributed by atoms with Crippen molar-refractivity contribution in [3.8, 4) is 0 Å². The van der Waals surface area contributed by atoms with Crippen molar-refractivity contribution < 1.29 is 9.59 Å². The fourth-order valence-electron chi connectivity index (χ4n) is 3.25. The summed E-state index contributed by atoms with van der Waals surface area (Å²) < 4.78 is 2.05. The van der Waals surface area contributed by atoms with Crippen LogP contribution in [0.4, 0.5) is 11.4 Å². The lowest BCUT2D eigenvalue weighted by molar-refractivity contribution is -0.105. The SMILES string of the molecule is O=CNc1cc(Cl)ccc1N=Cc1ccc2cc3n(c2c1)CCCNC3=O. The molecule has 1 aliphatic heterocycles. The third-order valence-corrected chi connectivity index (χ3v) is 4.77. The number of nitrogens with one attached hydrogen (secondary N) is 2. The maximum Gasteiger partial charge on any atom is 0.267 e. The average molecular weight is 381 g/mol. The monoisotopic (exact) mass is 380 g/mol. The van der Waals surface area contributed by atoms with E-state index in [4.69, 9.17) is 11.6 Å². The number of nitrogens with zero attached hydrogens (tertiary/aromatic N) is 2. The number of benzene rings is 2. The van der Waals surface area contributed by atoms with Crippen LogP contribution in [0.1, 0.15) is 22.5 Å². The zero-order valence-electron chi connectivity index (χ0n) is 14.4. The molecule has 7 heteroatoms. The summed E-state index contributed by atoms with van der Waals surface area (Å²) in [6, 6.07) is 13.0. The minimum absolute atomic E-state index is 0.0374. The maximum absolute atomic E-state index is 12.2. The van der Waals surface area contributed by atoms with Crippen LogP contribution in [0.15, 0.2) is 47.5 Å². The molecule has 2 amide bonds. The number of rotatable bonds is 4. The highest BCUT2D eigenvalue weighted by Gasteiger charge is 2.18. The van der Waals surface area contributed by atoms with Crippen LogP contribution in [-0.4, -0.2) is 29.6 Å². The molecule has 2 N–H and O–H groups in total. The van der Waals surface area contributed by atoms with Gasteiger partial charge in [0.2, 0.25) is 6.41 Å². The van der Waals surface area contributed by atoms with E-state index in [1.807, 2.05) is 24.3 Å². The Balaban J connectivity index is 1.71. The Morgan fingerprint density at radius 1 is 1.19 bits per heavy atom. The second kappa shape index (κ2) is 7.25. The van der Waals surface area contributed by atoms with Crippen molar-refractivity contribution in [2.45, 2.75) is 13.0 Å². The number of aryl methyl sites for hydroxylation is 1. The molecule has 0 saturated heterocycles. The number of aromatic nitrogens is 1. The maximum atomic E-state index is 12.2. The first kappa shape index (κ1) is 17.3. The van der Waals surface area contributed by atoms with Gasteiger partial charge in [0.25, 0.3) is 5.91 Å². The molecular formula is C20H17ClN4O2. The summed E-state index contributed by atoms with van der Waals surface area (Å²) in [7, 11) is 0. The number of hydrogen-bond acceptors (Lipinski definition) is 3. The van der Waals surface area contributed by atoms with Crippen molar-refractivity contribution in [2.24, 2.45) is 4.99 Å². The molecule has 6 nitrogen and oxygen atoms in total. The summed E-state index contributed by atoms with van der Waals surface area (Å²) >= 11 is 5.97. The first-order valence-corrected chi connectivity index (χ1v) is 8.99. The van der Waals surface area contributed by atoms with Crippen molar-refractivity contribution in [3.05, 3.63) is 58.7 Å². The van der Waals surface area contributed by atoms with Crippen molar-refractivity contribution in [2.75, 3.05) is 11.9 Å². The van der Waals surface area contributed by atoms with Crippen molar-refractivity contribution in [1.82, 2.24) is 9.88 Å². The molecule has 3 aromatic rings. The number of fused-ring (bicyclic) bond motifs is 3. The Morgan fingerprint density at radius 2 is 2.07 bits per heavy atom. The summed E-state index contributed by atoms with van der Waals surface area (Å²) in [5.74, 6) is -0.0374. The molecule has 0 aliphatic carbocycles. The average Bonchev–Trinajstić information content (AvgIpc) is 2.92. The molecule has 0 saturated carbocycles. The number of halogens is 1. The number of anilines is 1. The van der Waals surface area contributed by atoms with E-state index in [1.54, 1.807) is 24.4 Å². The molecule has 2 heterocycles. The van der Waals surface area contributed by atoms with Crippen LogP contribution in [0.5, 0.6) is 0 Å². The lowest BCUT2D eigenvalue weighted by atomic mass is 10.1. The van der Waals surface area contributed by atoms with Crippen molar-refractivity contribution in [3.63, 3.8) is 0 Å². The highest BCUT2D eigenvalue weighted by Crippen LogP contribution is 2.28. The number of hydrogen-bond donors (Lipinski definition) is 2. The van der Waals surface area contributed by atoms with Crippen LogP contribution in [0.3, 0.4) is 0 Å². The van der Waals surface area contributed by atoms with E-state index >= 15 is 0 Å². The largest absolute Gasteiger partial charge is 0.351 e. The van der Waals surface area contributed by atoms with Crippen LogP contribution < -0.4 is 10.6 Å². The molecule has 0 bridgehead atoms. The van der Waals surface area contributed by atoms with Crippen LogP contribution in [-0.2, 0) is 11.3 Å². The smallest absolute Gasteiger partial charge is 0.267 e. The fourth-order valence-corrected chi connectivity index (χ4v) is 3.43. The zero-order chi connectivity index (χ0) is 18.8. The molecule has 136 valence electrons. The molecule has 0 atom stereocenters. The summed E-state index contributed by atoms with van der Waals surface area (Å²) in [5.41, 5.74) is 3.75. The van der Waals surface area contributed by atoms with Gasteiger partial charge in [-0.1, -0.05) is 23.7 Å². The van der Waals surface area contributed by atoms with Gasteiger partial charge in [0.05, 0.1) is 11.4 Å². The van der Waals surface area contributed by atoms with Gasteiger partial charge in [-0.25, -0.2) is 0 Å². The van der Waals surface area contributed by atoms with Crippen LogP contribution in [0.2, 0.25) is 5.02 Å². The lowest BCUT2D eigenvalue weighted by Gasteiger charge is -2.06. The number of carbonyl (C=O) groups excluding carboxylic acids is 2. The van der Waals surface area contributed by atoms with Crippen molar-refractivity contribution >= 4 is 52.4 Å². The quantitative estimate of drug-likeness (QED) is 0.534. The predicted octanol–water partition coefficient (Wildman–Crippen LogP) is 3.75. The number of amides is 2. The second-order valence-electron chi connectivity index (χ2n) is 6.29. The summed E-state index contributed by atoms with van der Waals surface area (Å²) in [6.07, 6.45) is 3.22. The summed E-state index contributed by atoms with van der Waals surface area (Å²) in [5, 5.41) is 7.06. The first-order valence-electron chi connectivity index (χ1n) is 8.61. The Kier molecular flexibility index (Phi) is 4.64. The fraction of sp³-hybridized carbons (Fsp3) is 0.150. The molecular weight excluding hydrogens is 364 g/mol. The van der Waals surface area contributed by atoms with Crippen LogP contribution in [0, 0.1) is 0 Å². The van der Waals surface area contributed by atoms with E-state index in [1.165, 1.54) is 0 Å². The Labute approximate surface area is 160 Å². The van der Waals surface area contributed by atoms with Gasteiger partial charge in [0.1, 0.15) is 5.69 Å². The van der Waals surface area contributed by atoms with Gasteiger partial charge in [-0.05, 0) is 42.3 Å². The third-order valence-electron chi connectivity index (χ3n) is 4.53. The van der Waals surface area contributed by atoms with E-state index < -0.39 is 0 Å². The molecule has 1 aliphatic rings. The number of aliphatic imine (C=N–C) groups is 1. The molecule has 0 unspecified atom stereocenters. The highest BCUT2D eigenvalue weighted by molar-refractivity contribution is 6.31. The van der Waals surface area contributed by atoms with Crippen LogP contribution >= 0.6 is 11.6 Å². The summed E-state index contributed by atoms with van der Waals surface area (Å²) in [4.78, 5) is 27.5. The van der Waals surface area contributed by atoms with Gasteiger partial charge in [-0.15, -0.1) is 0 Å². The Hall–Kier alpha value is -3.12. The van der Waals surface area contributed by atoms with Gasteiger partial charge in [0.15, 0.2) is 0 Å². The molecule has 0 fully saturated rings. The standard InChI is InChI=1S/C20H17ClN4O2/c21-15-4-5-16(17(10-15)24-12-26)23-11-13-2-3-14-9-19-20(27)22-6-1-7-25(19)18(14)8-13/h2-5,8-12H,1,6-7H2,(H,22,27)(H,24,26). The highest BCUT2D eigenvalue weighted by atomic mass is 35.5. The van der Waals surface area contributed by atoms with E-state index in [-0.39, 0.29) is 5.91 Å². The first-order chi connectivity index (χ1) is 13.2. The lowest BCUT2D eigenvalue weighted by Crippen LogP contribution is -2.22. The van der Waals surface area contributed by atoms with E-state index in [9.17, 15) is 9.59 Å².